The van der Waals surface area contributed by atoms with Gasteiger partial charge in [0.1, 0.15) is 5.82 Å². The van der Waals surface area contributed by atoms with Crippen molar-refractivity contribution in [1.82, 2.24) is 9.97 Å². The van der Waals surface area contributed by atoms with Crippen molar-refractivity contribution in [1.29, 1.82) is 0 Å². The van der Waals surface area contributed by atoms with Gasteiger partial charge in [0.25, 0.3) is 0 Å². The number of nitrogens with two attached hydrogens (primary N) is 1. The van der Waals surface area contributed by atoms with Gasteiger partial charge in [-0.1, -0.05) is 0 Å². The molecule has 25 heavy (non-hydrogen) atoms. The van der Waals surface area contributed by atoms with Gasteiger partial charge >= 0.3 is 0 Å². The fraction of sp³-hybridized carbons (Fsp3) is 0. The van der Waals surface area contributed by atoms with E-state index in [-0.39, 0.29) is 28.8 Å². The fourth-order valence-corrected chi connectivity index (χ4v) is 2.33. The van der Waals surface area contributed by atoms with Gasteiger partial charge in [0.15, 0.2) is 17.3 Å². The highest BCUT2D eigenvalue weighted by molar-refractivity contribution is 5.78. The van der Waals surface area contributed by atoms with Crippen LogP contribution in [0, 0.1) is 11.6 Å². The van der Waals surface area contributed by atoms with E-state index in [1.54, 1.807) is 12.1 Å². The number of nitrogens with zero attached hydrogens (tertiary/aromatic N) is 2. The van der Waals surface area contributed by atoms with Crippen LogP contribution in [-0.4, -0.2) is 9.97 Å². The molecule has 0 bridgehead atoms. The molecule has 124 valence electrons. The van der Waals surface area contributed by atoms with Gasteiger partial charge in [-0.15, -0.1) is 0 Å². The van der Waals surface area contributed by atoms with Crippen LogP contribution in [-0.2, 0) is 0 Å². The van der Waals surface area contributed by atoms with Crippen LogP contribution < -0.4 is 10.5 Å². The maximum Gasteiger partial charge on any atom is 0.229 e. The number of hydrogen-bond donors (Lipinski definition) is 1. The molecule has 2 aromatic heterocycles. The van der Waals surface area contributed by atoms with Gasteiger partial charge in [0.05, 0.1) is 0 Å². The summed E-state index contributed by atoms with van der Waals surface area (Å²) in [5.74, 6) is -0.434. The van der Waals surface area contributed by atoms with Gasteiger partial charge in [-0.2, -0.15) is 4.98 Å². The molecule has 0 unspecified atom stereocenters. The number of nitrogen functional groups attached to an aromatic ring is 1. The lowest BCUT2D eigenvalue weighted by Crippen LogP contribution is -1.92. The monoisotopic (exact) mass is 339 g/mol. The topological polar surface area (TPSA) is 74.2 Å². The van der Waals surface area contributed by atoms with Crippen LogP contribution in [0.25, 0.3) is 22.7 Å². The van der Waals surface area contributed by atoms with Crippen molar-refractivity contribution in [3.8, 4) is 23.0 Å². The molecule has 0 aliphatic heterocycles. The Balaban J connectivity index is 1.76. The second-order valence-electron chi connectivity index (χ2n) is 5.28. The molecule has 4 aromatic rings. The first-order valence-electron chi connectivity index (χ1n) is 7.34. The highest BCUT2D eigenvalue weighted by Crippen LogP contribution is 2.33. The van der Waals surface area contributed by atoms with E-state index < -0.39 is 5.82 Å². The second-order valence-corrected chi connectivity index (χ2v) is 5.28. The Morgan fingerprint density at radius 2 is 1.76 bits per heavy atom. The highest BCUT2D eigenvalue weighted by atomic mass is 19.1. The average Bonchev–Trinajstić information content (AvgIpc) is 3.03. The molecular weight excluding hydrogens is 328 g/mol. The Morgan fingerprint density at radius 1 is 0.960 bits per heavy atom. The number of anilines is 1. The lowest BCUT2D eigenvalue weighted by atomic mass is 10.2. The molecular formula is C18H11F2N3O2. The number of oxazole rings is 1. The van der Waals surface area contributed by atoms with E-state index in [2.05, 4.69) is 9.97 Å². The van der Waals surface area contributed by atoms with Crippen molar-refractivity contribution in [3.05, 3.63) is 66.4 Å². The standard InChI is InChI=1S/C18H11F2N3O2/c19-11-3-1-10(2-4-11)18-23-17-16(25-18)15(7-8-22-17)24-14-6-5-12(21)9-13(14)20/h1-9H,21H2. The molecule has 0 spiro atoms. The molecule has 0 fully saturated rings. The van der Waals surface area contributed by atoms with Gasteiger partial charge in [-0.25, -0.2) is 13.8 Å². The Bertz CT molecular complexity index is 1060. The molecule has 4 rings (SSSR count). The molecule has 0 saturated carbocycles. The highest BCUT2D eigenvalue weighted by Gasteiger charge is 2.15. The van der Waals surface area contributed by atoms with Crippen molar-refractivity contribution in [2.45, 2.75) is 0 Å². The Kier molecular flexibility index (Phi) is 3.53. The summed E-state index contributed by atoms with van der Waals surface area (Å²) in [7, 11) is 0. The van der Waals surface area contributed by atoms with Crippen molar-refractivity contribution < 1.29 is 17.9 Å². The number of benzene rings is 2. The summed E-state index contributed by atoms with van der Waals surface area (Å²) in [6.07, 6.45) is 1.48. The largest absolute Gasteiger partial charge is 0.450 e. The smallest absolute Gasteiger partial charge is 0.229 e. The number of hydrogen-bond acceptors (Lipinski definition) is 5. The zero-order valence-corrected chi connectivity index (χ0v) is 12.7. The van der Waals surface area contributed by atoms with Crippen LogP contribution in [0.4, 0.5) is 14.5 Å². The maximum absolute atomic E-state index is 13.9. The van der Waals surface area contributed by atoms with Crippen LogP contribution in [0.15, 0.2) is 59.1 Å². The van der Waals surface area contributed by atoms with Crippen molar-refractivity contribution >= 4 is 16.9 Å². The molecule has 0 saturated heterocycles. The average molecular weight is 339 g/mol. The SMILES string of the molecule is Nc1ccc(Oc2ccnc3nc(-c4ccc(F)cc4)oc23)c(F)c1. The van der Waals surface area contributed by atoms with Crippen molar-refractivity contribution in [2.75, 3.05) is 5.73 Å². The Hall–Kier alpha value is -3.48. The van der Waals surface area contributed by atoms with E-state index in [0.717, 1.165) is 6.07 Å². The van der Waals surface area contributed by atoms with E-state index in [1.807, 2.05) is 0 Å². The van der Waals surface area contributed by atoms with E-state index in [9.17, 15) is 8.78 Å². The third-order valence-electron chi connectivity index (χ3n) is 3.52. The number of fused-ring (bicyclic) bond motifs is 1. The summed E-state index contributed by atoms with van der Waals surface area (Å²) in [5, 5.41) is 0. The molecule has 2 N–H and O–H groups in total. The summed E-state index contributed by atoms with van der Waals surface area (Å²) in [4.78, 5) is 8.37. The third-order valence-corrected chi connectivity index (χ3v) is 3.52. The lowest BCUT2D eigenvalue weighted by molar-refractivity contribution is 0.437. The summed E-state index contributed by atoms with van der Waals surface area (Å²) < 4.78 is 38.3. The second kappa shape index (κ2) is 5.86. The van der Waals surface area contributed by atoms with Crippen LogP contribution in [0.5, 0.6) is 11.5 Å². The van der Waals surface area contributed by atoms with Crippen LogP contribution in [0.3, 0.4) is 0 Å². The molecule has 0 atom stereocenters. The molecule has 0 radical (unpaired) electrons. The van der Waals surface area contributed by atoms with Crippen molar-refractivity contribution in [3.63, 3.8) is 0 Å². The number of aromatic nitrogens is 2. The van der Waals surface area contributed by atoms with Gasteiger partial charge in [0.2, 0.25) is 17.1 Å². The zero-order valence-electron chi connectivity index (χ0n) is 12.7. The van der Waals surface area contributed by atoms with E-state index in [0.29, 0.717) is 16.9 Å². The predicted molar refractivity (Wildman–Crippen MR) is 88.1 cm³/mol. The summed E-state index contributed by atoms with van der Waals surface area (Å²) in [6, 6.07) is 11.4. The van der Waals surface area contributed by atoms with Crippen LogP contribution in [0.2, 0.25) is 0 Å². The minimum atomic E-state index is -0.594. The van der Waals surface area contributed by atoms with Gasteiger partial charge in [0, 0.05) is 29.6 Å². The first-order valence-corrected chi connectivity index (χ1v) is 7.34. The lowest BCUT2D eigenvalue weighted by Gasteiger charge is -2.06. The van der Waals surface area contributed by atoms with Gasteiger partial charge < -0.3 is 14.9 Å². The van der Waals surface area contributed by atoms with Gasteiger partial charge in [-0.3, -0.25) is 0 Å². The number of halogens is 2. The zero-order chi connectivity index (χ0) is 17.4. The Morgan fingerprint density at radius 3 is 2.52 bits per heavy atom. The summed E-state index contributed by atoms with van der Waals surface area (Å²) in [5.41, 5.74) is 6.97. The fourth-order valence-electron chi connectivity index (χ4n) is 2.33. The quantitative estimate of drug-likeness (QED) is 0.555. The first kappa shape index (κ1) is 15.1. The third kappa shape index (κ3) is 2.87. The minimum absolute atomic E-state index is 0.00133. The molecule has 2 aromatic carbocycles. The molecule has 7 heteroatoms. The van der Waals surface area contributed by atoms with E-state index in [4.69, 9.17) is 14.9 Å². The molecule has 0 aliphatic carbocycles. The van der Waals surface area contributed by atoms with Gasteiger partial charge in [-0.05, 0) is 36.4 Å². The number of ether oxygens (including phenoxy) is 1. The maximum atomic E-state index is 13.9. The number of rotatable bonds is 3. The summed E-state index contributed by atoms with van der Waals surface area (Å²) >= 11 is 0. The first-order chi connectivity index (χ1) is 12.1. The van der Waals surface area contributed by atoms with E-state index >= 15 is 0 Å². The molecule has 0 amide bonds. The molecule has 0 aliphatic rings. The number of pyridine rings is 1. The molecule has 2 heterocycles. The van der Waals surface area contributed by atoms with E-state index in [1.165, 1.54) is 36.5 Å². The predicted octanol–water partition coefficient (Wildman–Crippen LogP) is 4.54. The minimum Gasteiger partial charge on any atom is -0.450 e. The Labute approximate surface area is 140 Å². The normalized spacial score (nSPS) is 11.0. The van der Waals surface area contributed by atoms with Crippen molar-refractivity contribution in [2.24, 2.45) is 0 Å². The molecule has 5 nitrogen and oxygen atoms in total. The van der Waals surface area contributed by atoms with Crippen LogP contribution >= 0.6 is 0 Å². The van der Waals surface area contributed by atoms with Crippen LogP contribution in [0.1, 0.15) is 0 Å². The summed E-state index contributed by atoms with van der Waals surface area (Å²) in [6.45, 7) is 0.